The number of alkyl halides is 3. The number of hydrogen-bond acceptors (Lipinski definition) is 2. The predicted octanol–water partition coefficient (Wildman–Crippen LogP) is 3.27. The zero-order chi connectivity index (χ0) is 12.6. The summed E-state index contributed by atoms with van der Waals surface area (Å²) in [4.78, 5) is 14.3. The van der Waals surface area contributed by atoms with Gasteiger partial charge in [0.05, 0.1) is 5.56 Å². The van der Waals surface area contributed by atoms with Crippen molar-refractivity contribution >= 4 is 22.7 Å². The second-order valence-electron chi connectivity index (χ2n) is 3.46. The van der Waals surface area contributed by atoms with Crippen LogP contribution < -0.4 is 5.56 Å². The minimum atomic E-state index is -4.52. The first-order valence-electron chi connectivity index (χ1n) is 4.70. The first kappa shape index (κ1) is 12.0. The SMILES string of the molecule is CSc1ccc2[nH]c(=O)cc(C(F)(F)F)c2c1. The van der Waals surface area contributed by atoms with Gasteiger partial charge in [-0.05, 0) is 24.5 Å². The lowest BCUT2D eigenvalue weighted by molar-refractivity contribution is -0.136. The van der Waals surface area contributed by atoms with Crippen LogP contribution in [0.25, 0.3) is 10.9 Å². The van der Waals surface area contributed by atoms with Crippen molar-refractivity contribution in [3.05, 3.63) is 40.2 Å². The quantitative estimate of drug-likeness (QED) is 0.797. The van der Waals surface area contributed by atoms with Crippen molar-refractivity contribution in [3.63, 3.8) is 0 Å². The van der Waals surface area contributed by atoms with Crippen LogP contribution in [0.3, 0.4) is 0 Å². The summed E-state index contributed by atoms with van der Waals surface area (Å²) >= 11 is 1.35. The highest BCUT2D eigenvalue weighted by Gasteiger charge is 2.33. The number of rotatable bonds is 1. The summed E-state index contributed by atoms with van der Waals surface area (Å²) in [6.07, 6.45) is -2.75. The molecule has 17 heavy (non-hydrogen) atoms. The molecule has 2 aromatic rings. The van der Waals surface area contributed by atoms with Crippen LogP contribution in [0, 0.1) is 0 Å². The number of halogens is 3. The van der Waals surface area contributed by atoms with Crippen LogP contribution in [0.5, 0.6) is 0 Å². The molecule has 2 rings (SSSR count). The molecule has 90 valence electrons. The average molecular weight is 259 g/mol. The number of aromatic nitrogens is 1. The minimum absolute atomic E-state index is 0.0175. The summed E-state index contributed by atoms with van der Waals surface area (Å²) < 4.78 is 38.3. The number of benzene rings is 1. The second kappa shape index (κ2) is 4.10. The molecule has 1 N–H and O–H groups in total. The fourth-order valence-corrected chi connectivity index (χ4v) is 2.03. The Balaban J connectivity index is 2.85. The van der Waals surface area contributed by atoms with Gasteiger partial charge in [-0.15, -0.1) is 11.8 Å². The van der Waals surface area contributed by atoms with Gasteiger partial charge in [0, 0.05) is 21.9 Å². The van der Waals surface area contributed by atoms with E-state index in [-0.39, 0.29) is 10.9 Å². The van der Waals surface area contributed by atoms with E-state index < -0.39 is 17.3 Å². The van der Waals surface area contributed by atoms with E-state index in [9.17, 15) is 18.0 Å². The van der Waals surface area contributed by atoms with Crippen LogP contribution in [-0.2, 0) is 6.18 Å². The largest absolute Gasteiger partial charge is 0.417 e. The first-order valence-corrected chi connectivity index (χ1v) is 5.92. The van der Waals surface area contributed by atoms with E-state index in [0.717, 1.165) is 4.90 Å². The fourth-order valence-electron chi connectivity index (χ4n) is 1.59. The maximum absolute atomic E-state index is 12.8. The Labute approximate surface area is 98.8 Å². The summed E-state index contributed by atoms with van der Waals surface area (Å²) in [6.45, 7) is 0. The molecule has 0 aliphatic heterocycles. The average Bonchev–Trinajstić information content (AvgIpc) is 2.26. The zero-order valence-corrected chi connectivity index (χ0v) is 9.58. The molecule has 0 amide bonds. The van der Waals surface area contributed by atoms with Gasteiger partial charge in [0.1, 0.15) is 0 Å². The molecule has 1 aromatic carbocycles. The topological polar surface area (TPSA) is 32.9 Å². The zero-order valence-electron chi connectivity index (χ0n) is 8.76. The van der Waals surface area contributed by atoms with Gasteiger partial charge in [-0.1, -0.05) is 0 Å². The third-order valence-electron chi connectivity index (χ3n) is 2.36. The molecule has 0 saturated carbocycles. The monoisotopic (exact) mass is 259 g/mol. The predicted molar refractivity (Wildman–Crippen MR) is 61.4 cm³/mol. The number of H-pyrrole nitrogens is 1. The number of aromatic amines is 1. The Bertz CT molecular complexity index is 618. The summed E-state index contributed by atoms with van der Waals surface area (Å²) in [5.41, 5.74) is -1.45. The molecular formula is C11H8F3NOS. The van der Waals surface area contributed by atoms with Gasteiger partial charge in [-0.3, -0.25) is 4.79 Å². The van der Waals surface area contributed by atoms with Gasteiger partial charge in [-0.2, -0.15) is 13.2 Å². The number of nitrogens with one attached hydrogen (secondary N) is 1. The molecule has 0 atom stereocenters. The normalized spacial score (nSPS) is 12.0. The maximum atomic E-state index is 12.8. The van der Waals surface area contributed by atoms with E-state index in [0.29, 0.717) is 6.07 Å². The lowest BCUT2D eigenvalue weighted by Gasteiger charge is -2.10. The van der Waals surface area contributed by atoms with E-state index >= 15 is 0 Å². The van der Waals surface area contributed by atoms with Gasteiger partial charge in [0.25, 0.3) is 0 Å². The smallest absolute Gasteiger partial charge is 0.322 e. The molecule has 0 aliphatic rings. The van der Waals surface area contributed by atoms with E-state index in [1.54, 1.807) is 12.3 Å². The second-order valence-corrected chi connectivity index (χ2v) is 4.34. The van der Waals surface area contributed by atoms with Crippen molar-refractivity contribution in [1.82, 2.24) is 4.98 Å². The molecular weight excluding hydrogens is 251 g/mol. The maximum Gasteiger partial charge on any atom is 0.417 e. The summed E-state index contributed by atoms with van der Waals surface area (Å²) in [7, 11) is 0. The highest BCUT2D eigenvalue weighted by molar-refractivity contribution is 7.98. The standard InChI is InChI=1S/C11H8F3NOS/c1-17-6-2-3-9-7(4-6)8(11(12,13)14)5-10(16)15-9/h2-5H,1H3,(H,15,16). The van der Waals surface area contributed by atoms with Gasteiger partial charge >= 0.3 is 6.18 Å². The number of pyridine rings is 1. The van der Waals surface area contributed by atoms with Crippen molar-refractivity contribution in [1.29, 1.82) is 0 Å². The highest BCUT2D eigenvalue weighted by atomic mass is 32.2. The molecule has 0 spiro atoms. The molecule has 0 aliphatic carbocycles. The molecule has 2 nitrogen and oxygen atoms in total. The molecule has 0 radical (unpaired) electrons. The van der Waals surface area contributed by atoms with Gasteiger partial charge in [0.15, 0.2) is 0 Å². The van der Waals surface area contributed by atoms with Crippen molar-refractivity contribution < 1.29 is 13.2 Å². The van der Waals surface area contributed by atoms with Crippen LogP contribution in [0.15, 0.2) is 34.0 Å². The van der Waals surface area contributed by atoms with Crippen molar-refractivity contribution in [2.75, 3.05) is 6.26 Å². The molecule has 0 saturated heterocycles. The van der Waals surface area contributed by atoms with Crippen LogP contribution in [-0.4, -0.2) is 11.2 Å². The Morgan fingerprint density at radius 3 is 2.53 bits per heavy atom. The molecule has 0 unspecified atom stereocenters. The van der Waals surface area contributed by atoms with Crippen LogP contribution >= 0.6 is 11.8 Å². The van der Waals surface area contributed by atoms with Crippen LogP contribution in [0.1, 0.15) is 5.56 Å². The highest BCUT2D eigenvalue weighted by Crippen LogP contribution is 2.34. The lowest BCUT2D eigenvalue weighted by atomic mass is 10.1. The third kappa shape index (κ3) is 2.31. The molecule has 1 aromatic heterocycles. The molecule has 0 fully saturated rings. The van der Waals surface area contributed by atoms with Crippen molar-refractivity contribution in [3.8, 4) is 0 Å². The van der Waals surface area contributed by atoms with E-state index in [1.807, 2.05) is 0 Å². The Morgan fingerprint density at radius 1 is 1.24 bits per heavy atom. The van der Waals surface area contributed by atoms with Gasteiger partial charge in [0.2, 0.25) is 5.56 Å². The Morgan fingerprint density at radius 2 is 1.94 bits per heavy atom. The Hall–Kier alpha value is -1.43. The molecule has 0 bridgehead atoms. The van der Waals surface area contributed by atoms with Gasteiger partial charge in [-0.25, -0.2) is 0 Å². The summed E-state index contributed by atoms with van der Waals surface area (Å²) in [5.74, 6) is 0. The van der Waals surface area contributed by atoms with Crippen molar-refractivity contribution in [2.24, 2.45) is 0 Å². The van der Waals surface area contributed by atoms with E-state index in [1.165, 1.54) is 23.9 Å². The number of fused-ring (bicyclic) bond motifs is 1. The summed E-state index contributed by atoms with van der Waals surface area (Å²) in [6, 6.07) is 5.17. The van der Waals surface area contributed by atoms with Crippen molar-refractivity contribution in [2.45, 2.75) is 11.1 Å². The summed E-state index contributed by atoms with van der Waals surface area (Å²) in [5, 5.41) is 0.0175. The first-order chi connectivity index (χ1) is 7.91. The number of thioether (sulfide) groups is 1. The lowest BCUT2D eigenvalue weighted by Crippen LogP contribution is -2.13. The van der Waals surface area contributed by atoms with Crippen LogP contribution in [0.4, 0.5) is 13.2 Å². The Kier molecular flexibility index (Phi) is 2.91. The van der Waals surface area contributed by atoms with Crippen LogP contribution in [0.2, 0.25) is 0 Å². The molecule has 6 heteroatoms. The molecule has 1 heterocycles. The third-order valence-corrected chi connectivity index (χ3v) is 3.08. The fraction of sp³-hybridized carbons (Fsp3) is 0.182. The number of hydrogen-bond donors (Lipinski definition) is 1. The van der Waals surface area contributed by atoms with Gasteiger partial charge < -0.3 is 4.98 Å². The van der Waals surface area contributed by atoms with E-state index in [4.69, 9.17) is 0 Å². The van der Waals surface area contributed by atoms with E-state index in [2.05, 4.69) is 4.98 Å². The minimum Gasteiger partial charge on any atom is -0.322 e.